The van der Waals surface area contributed by atoms with Crippen LogP contribution in [0.5, 0.6) is 11.5 Å². The third kappa shape index (κ3) is 2.89. The summed E-state index contributed by atoms with van der Waals surface area (Å²) >= 11 is 3.31. The van der Waals surface area contributed by atoms with Crippen molar-refractivity contribution in [2.45, 2.75) is 19.4 Å². The number of methoxy groups -OCH3 is 1. The predicted molar refractivity (Wildman–Crippen MR) is 66.8 cm³/mol. The molecule has 0 spiro atoms. The Morgan fingerprint density at radius 3 is 2.88 bits per heavy atom. The predicted octanol–water partition coefficient (Wildman–Crippen LogP) is 2.66. The van der Waals surface area contributed by atoms with Crippen molar-refractivity contribution in [2.24, 2.45) is 5.92 Å². The van der Waals surface area contributed by atoms with E-state index >= 15 is 0 Å². The van der Waals surface area contributed by atoms with E-state index in [9.17, 15) is 5.11 Å². The van der Waals surface area contributed by atoms with Crippen molar-refractivity contribution in [3.63, 3.8) is 0 Å². The third-order valence-electron chi connectivity index (χ3n) is 2.80. The Bertz CT molecular complexity index is 378. The average molecular weight is 286 g/mol. The number of nitrogens with one attached hydrogen (secondary N) is 1. The maximum atomic E-state index is 9.86. The highest BCUT2D eigenvalue weighted by atomic mass is 79.9. The van der Waals surface area contributed by atoms with E-state index in [2.05, 4.69) is 21.2 Å². The first-order valence-electron chi connectivity index (χ1n) is 5.47. The van der Waals surface area contributed by atoms with Crippen LogP contribution >= 0.6 is 15.9 Å². The average Bonchev–Trinajstić information content (AvgIpc) is 3.08. The van der Waals surface area contributed by atoms with Gasteiger partial charge < -0.3 is 15.2 Å². The molecule has 0 bridgehead atoms. The molecule has 0 aliphatic heterocycles. The number of benzene rings is 1. The molecular formula is C12H16BrNO2. The van der Waals surface area contributed by atoms with Gasteiger partial charge >= 0.3 is 0 Å². The molecule has 0 heterocycles. The van der Waals surface area contributed by atoms with Crippen LogP contribution in [0.25, 0.3) is 0 Å². The van der Waals surface area contributed by atoms with Gasteiger partial charge in [0.25, 0.3) is 0 Å². The second-order valence-electron chi connectivity index (χ2n) is 4.19. The summed E-state index contributed by atoms with van der Waals surface area (Å²) in [5.41, 5.74) is 0.867. The highest BCUT2D eigenvalue weighted by Crippen LogP contribution is 2.33. The lowest BCUT2D eigenvalue weighted by atomic mass is 10.2. The van der Waals surface area contributed by atoms with Crippen LogP contribution in [0, 0.1) is 5.92 Å². The number of rotatable bonds is 5. The minimum absolute atomic E-state index is 0.295. The van der Waals surface area contributed by atoms with Crippen LogP contribution in [0.3, 0.4) is 0 Å². The summed E-state index contributed by atoms with van der Waals surface area (Å²) in [6.45, 7) is 1.71. The van der Waals surface area contributed by atoms with E-state index in [1.165, 1.54) is 12.8 Å². The van der Waals surface area contributed by atoms with Gasteiger partial charge in [0.05, 0.1) is 11.6 Å². The molecular weight excluding hydrogens is 270 g/mol. The summed E-state index contributed by atoms with van der Waals surface area (Å²) in [5.74, 6) is 1.90. The molecule has 3 nitrogen and oxygen atoms in total. The van der Waals surface area contributed by atoms with Gasteiger partial charge in [-0.05, 0) is 53.4 Å². The number of ether oxygens (including phenoxy) is 1. The molecule has 2 N–H and O–H groups in total. The monoisotopic (exact) mass is 285 g/mol. The van der Waals surface area contributed by atoms with E-state index in [1.54, 1.807) is 13.2 Å². The van der Waals surface area contributed by atoms with E-state index in [0.717, 1.165) is 23.8 Å². The molecule has 16 heavy (non-hydrogen) atoms. The number of aromatic hydroxyl groups is 1. The van der Waals surface area contributed by atoms with Crippen molar-refractivity contribution in [1.82, 2.24) is 5.32 Å². The molecule has 0 unspecified atom stereocenters. The first-order valence-corrected chi connectivity index (χ1v) is 6.26. The molecule has 1 aliphatic carbocycles. The molecule has 2 rings (SSSR count). The normalized spacial score (nSPS) is 15.1. The molecule has 0 aromatic heterocycles. The number of halogens is 1. The molecule has 1 aromatic carbocycles. The highest BCUT2D eigenvalue weighted by Gasteiger charge is 2.20. The van der Waals surface area contributed by atoms with Crippen molar-refractivity contribution in [1.29, 1.82) is 0 Å². The fourth-order valence-electron chi connectivity index (χ4n) is 1.61. The van der Waals surface area contributed by atoms with Gasteiger partial charge in [-0.25, -0.2) is 0 Å². The van der Waals surface area contributed by atoms with E-state index in [-0.39, 0.29) is 0 Å². The molecule has 1 aliphatic rings. The molecule has 0 amide bonds. The van der Waals surface area contributed by atoms with Crippen molar-refractivity contribution >= 4 is 15.9 Å². The van der Waals surface area contributed by atoms with E-state index in [0.29, 0.717) is 16.8 Å². The van der Waals surface area contributed by atoms with Crippen molar-refractivity contribution in [3.8, 4) is 11.5 Å². The fourth-order valence-corrected chi connectivity index (χ4v) is 2.09. The summed E-state index contributed by atoms with van der Waals surface area (Å²) in [6, 6.07) is 3.62. The SMILES string of the molecule is COc1cc(Br)c(O)c(CNCC2CC2)c1. The van der Waals surface area contributed by atoms with Crippen molar-refractivity contribution in [2.75, 3.05) is 13.7 Å². The van der Waals surface area contributed by atoms with Crippen LogP contribution in [0.1, 0.15) is 18.4 Å². The van der Waals surface area contributed by atoms with Gasteiger partial charge in [-0.3, -0.25) is 0 Å². The van der Waals surface area contributed by atoms with Gasteiger partial charge in [0, 0.05) is 12.1 Å². The molecule has 1 fully saturated rings. The molecule has 0 atom stereocenters. The molecule has 88 valence electrons. The molecule has 0 saturated heterocycles. The Morgan fingerprint density at radius 2 is 2.25 bits per heavy atom. The fraction of sp³-hybridized carbons (Fsp3) is 0.500. The number of hydrogen-bond acceptors (Lipinski definition) is 3. The smallest absolute Gasteiger partial charge is 0.134 e. The van der Waals surface area contributed by atoms with Crippen LogP contribution in [-0.4, -0.2) is 18.8 Å². The summed E-state index contributed by atoms with van der Waals surface area (Å²) < 4.78 is 5.84. The van der Waals surface area contributed by atoms with E-state index < -0.39 is 0 Å². The Morgan fingerprint density at radius 1 is 1.50 bits per heavy atom. The first-order chi connectivity index (χ1) is 7.70. The molecule has 0 radical (unpaired) electrons. The molecule has 1 saturated carbocycles. The van der Waals surface area contributed by atoms with Gasteiger partial charge in [0.1, 0.15) is 11.5 Å². The first kappa shape index (κ1) is 11.7. The topological polar surface area (TPSA) is 41.5 Å². The van der Waals surface area contributed by atoms with Gasteiger partial charge in [-0.1, -0.05) is 0 Å². The summed E-state index contributed by atoms with van der Waals surface area (Å²) in [6.07, 6.45) is 2.67. The highest BCUT2D eigenvalue weighted by molar-refractivity contribution is 9.10. The quantitative estimate of drug-likeness (QED) is 0.874. The molecule has 1 aromatic rings. The van der Waals surface area contributed by atoms with Crippen LogP contribution in [-0.2, 0) is 6.54 Å². The zero-order valence-corrected chi connectivity index (χ0v) is 10.9. The number of phenolic OH excluding ortho intramolecular Hbond substituents is 1. The second kappa shape index (κ2) is 5.06. The second-order valence-corrected chi connectivity index (χ2v) is 5.05. The number of phenols is 1. The van der Waals surface area contributed by atoms with Crippen LogP contribution < -0.4 is 10.1 Å². The minimum Gasteiger partial charge on any atom is -0.506 e. The maximum absolute atomic E-state index is 9.86. The van der Waals surface area contributed by atoms with Gasteiger partial charge in [0.2, 0.25) is 0 Å². The Balaban J connectivity index is 2.02. The van der Waals surface area contributed by atoms with Crippen molar-refractivity contribution in [3.05, 3.63) is 22.2 Å². The largest absolute Gasteiger partial charge is 0.506 e. The molecule has 4 heteroatoms. The van der Waals surface area contributed by atoms with Crippen LogP contribution in [0.2, 0.25) is 0 Å². The zero-order chi connectivity index (χ0) is 11.5. The Hall–Kier alpha value is -0.740. The van der Waals surface area contributed by atoms with Gasteiger partial charge in [-0.15, -0.1) is 0 Å². The van der Waals surface area contributed by atoms with E-state index in [1.807, 2.05) is 6.07 Å². The summed E-state index contributed by atoms with van der Waals surface area (Å²) in [4.78, 5) is 0. The van der Waals surface area contributed by atoms with E-state index in [4.69, 9.17) is 4.74 Å². The van der Waals surface area contributed by atoms with Crippen LogP contribution in [0.4, 0.5) is 0 Å². The lowest BCUT2D eigenvalue weighted by Crippen LogP contribution is -2.16. The van der Waals surface area contributed by atoms with Gasteiger partial charge in [0.15, 0.2) is 0 Å². The lowest BCUT2D eigenvalue weighted by molar-refractivity contribution is 0.409. The minimum atomic E-state index is 0.295. The summed E-state index contributed by atoms with van der Waals surface area (Å²) in [5, 5.41) is 13.2. The zero-order valence-electron chi connectivity index (χ0n) is 9.29. The lowest BCUT2D eigenvalue weighted by Gasteiger charge is -2.10. The third-order valence-corrected chi connectivity index (χ3v) is 3.40. The van der Waals surface area contributed by atoms with Crippen molar-refractivity contribution < 1.29 is 9.84 Å². The number of hydrogen-bond donors (Lipinski definition) is 2. The standard InChI is InChI=1S/C12H16BrNO2/c1-16-10-4-9(12(15)11(13)5-10)7-14-6-8-2-3-8/h4-5,8,14-15H,2-3,6-7H2,1H3. The Kier molecular flexibility index (Phi) is 3.71. The Labute approximate surface area is 104 Å². The summed E-state index contributed by atoms with van der Waals surface area (Å²) in [7, 11) is 1.63. The maximum Gasteiger partial charge on any atom is 0.134 e. The van der Waals surface area contributed by atoms with Crippen LogP contribution in [0.15, 0.2) is 16.6 Å². The van der Waals surface area contributed by atoms with Gasteiger partial charge in [-0.2, -0.15) is 0 Å².